The van der Waals surface area contributed by atoms with Crippen molar-refractivity contribution in [1.29, 1.82) is 0 Å². The number of hydrogen-bond acceptors (Lipinski definition) is 5. The van der Waals surface area contributed by atoms with Crippen molar-refractivity contribution < 1.29 is 18.0 Å². The van der Waals surface area contributed by atoms with Gasteiger partial charge in [-0.15, -0.1) is 0 Å². The van der Waals surface area contributed by atoms with Crippen LogP contribution in [0, 0.1) is 0 Å². The predicted octanol–water partition coefficient (Wildman–Crippen LogP) is 2.55. The number of amides is 3. The van der Waals surface area contributed by atoms with Crippen LogP contribution in [0.25, 0.3) is 0 Å². The molecule has 2 aromatic rings. The van der Waals surface area contributed by atoms with Gasteiger partial charge in [-0.1, -0.05) is 24.3 Å². The first-order valence-corrected chi connectivity index (χ1v) is 10.4. The van der Waals surface area contributed by atoms with Crippen LogP contribution < -0.4 is 20.3 Å². The molecule has 0 aromatic heterocycles. The number of carbonyl (C=O) groups is 2. The second kappa shape index (κ2) is 8.95. The number of nitrogens with one attached hydrogen (secondary N) is 3. The molecule has 0 saturated heterocycles. The SMILES string of the molecule is CN(c1ccccc1)S(=O)(=O)c1cccc(NCC(=O)NC(=O)NC(C)(C)C)c1. The molecule has 0 aliphatic rings. The summed E-state index contributed by atoms with van der Waals surface area (Å²) in [5.74, 6) is -0.540. The van der Waals surface area contributed by atoms with Crippen molar-refractivity contribution in [2.75, 3.05) is 23.2 Å². The lowest BCUT2D eigenvalue weighted by atomic mass is 10.1. The standard InChI is InChI=1S/C20H26N4O4S/c1-20(2,3)23-19(26)22-18(25)14-21-15-9-8-12-17(13-15)29(27,28)24(4)16-10-6-5-7-11-16/h5-13,21H,14H2,1-4H3,(H2,22,23,25,26). The van der Waals surface area contributed by atoms with Gasteiger partial charge in [-0.3, -0.25) is 14.4 Å². The van der Waals surface area contributed by atoms with Gasteiger partial charge in [0.2, 0.25) is 5.91 Å². The number of hydrogen-bond donors (Lipinski definition) is 3. The Hall–Kier alpha value is -3.07. The number of para-hydroxylation sites is 1. The van der Waals surface area contributed by atoms with Crippen LogP contribution in [0.3, 0.4) is 0 Å². The van der Waals surface area contributed by atoms with Crippen molar-refractivity contribution >= 4 is 33.3 Å². The molecule has 0 unspecified atom stereocenters. The summed E-state index contributed by atoms with van der Waals surface area (Å²) in [4.78, 5) is 23.7. The van der Waals surface area contributed by atoms with E-state index in [0.717, 1.165) is 0 Å². The van der Waals surface area contributed by atoms with E-state index in [2.05, 4.69) is 16.0 Å². The van der Waals surface area contributed by atoms with E-state index < -0.39 is 27.5 Å². The lowest BCUT2D eigenvalue weighted by molar-refractivity contribution is -0.118. The minimum absolute atomic E-state index is 0.0831. The smallest absolute Gasteiger partial charge is 0.321 e. The summed E-state index contributed by atoms with van der Waals surface area (Å²) in [5, 5.41) is 7.66. The number of carbonyl (C=O) groups excluding carboxylic acids is 2. The minimum atomic E-state index is -3.76. The van der Waals surface area contributed by atoms with Gasteiger partial charge >= 0.3 is 6.03 Å². The Morgan fingerprint density at radius 3 is 2.28 bits per heavy atom. The van der Waals surface area contributed by atoms with Gasteiger partial charge < -0.3 is 10.6 Å². The Kier molecular flexibility index (Phi) is 6.86. The van der Waals surface area contributed by atoms with E-state index in [0.29, 0.717) is 11.4 Å². The largest absolute Gasteiger partial charge is 0.376 e. The zero-order valence-electron chi connectivity index (χ0n) is 16.9. The second-order valence-electron chi connectivity index (χ2n) is 7.44. The van der Waals surface area contributed by atoms with Gasteiger partial charge in [0.1, 0.15) is 0 Å². The molecule has 0 spiro atoms. The van der Waals surface area contributed by atoms with Crippen LogP contribution >= 0.6 is 0 Å². The summed E-state index contributed by atoms with van der Waals surface area (Å²) in [6, 6.07) is 14.3. The molecule has 9 heteroatoms. The average molecular weight is 419 g/mol. The molecule has 0 heterocycles. The van der Waals surface area contributed by atoms with Gasteiger partial charge in [-0.05, 0) is 51.1 Å². The first kappa shape index (κ1) is 22.2. The fourth-order valence-corrected chi connectivity index (χ4v) is 3.67. The Bertz CT molecular complexity index is 969. The lowest BCUT2D eigenvalue weighted by Gasteiger charge is -2.20. The van der Waals surface area contributed by atoms with E-state index in [1.165, 1.54) is 23.5 Å². The number of nitrogens with zero attached hydrogens (tertiary/aromatic N) is 1. The fourth-order valence-electron chi connectivity index (χ4n) is 2.43. The summed E-state index contributed by atoms with van der Waals surface area (Å²) in [5.41, 5.74) is 0.514. The third kappa shape index (κ3) is 6.49. The molecule has 0 aliphatic heterocycles. The molecule has 3 amide bonds. The van der Waals surface area contributed by atoms with E-state index in [4.69, 9.17) is 0 Å². The number of benzene rings is 2. The van der Waals surface area contributed by atoms with Crippen molar-refractivity contribution in [3.8, 4) is 0 Å². The molecule has 0 fully saturated rings. The minimum Gasteiger partial charge on any atom is -0.376 e. The first-order chi connectivity index (χ1) is 13.5. The van der Waals surface area contributed by atoms with Crippen molar-refractivity contribution in [2.45, 2.75) is 31.2 Å². The van der Waals surface area contributed by atoms with Crippen LogP contribution in [-0.4, -0.2) is 39.5 Å². The molecular weight excluding hydrogens is 392 g/mol. The van der Waals surface area contributed by atoms with Gasteiger partial charge in [0.05, 0.1) is 17.1 Å². The van der Waals surface area contributed by atoms with Crippen LogP contribution in [-0.2, 0) is 14.8 Å². The third-order valence-corrected chi connectivity index (χ3v) is 5.59. The Morgan fingerprint density at radius 1 is 1.00 bits per heavy atom. The van der Waals surface area contributed by atoms with Crippen LogP contribution in [0.15, 0.2) is 59.5 Å². The van der Waals surface area contributed by atoms with Gasteiger partial charge in [-0.25, -0.2) is 13.2 Å². The highest BCUT2D eigenvalue weighted by atomic mass is 32.2. The Labute approximate surface area is 171 Å². The normalized spacial score (nSPS) is 11.4. The molecule has 0 atom stereocenters. The topological polar surface area (TPSA) is 108 Å². The number of rotatable bonds is 6. The molecule has 29 heavy (non-hydrogen) atoms. The quantitative estimate of drug-likeness (QED) is 0.668. The molecule has 8 nitrogen and oxygen atoms in total. The predicted molar refractivity (Wildman–Crippen MR) is 113 cm³/mol. The third-order valence-electron chi connectivity index (χ3n) is 3.81. The van der Waals surface area contributed by atoms with E-state index in [9.17, 15) is 18.0 Å². The van der Waals surface area contributed by atoms with Crippen LogP contribution in [0.2, 0.25) is 0 Å². The summed E-state index contributed by atoms with van der Waals surface area (Å²) in [6.07, 6.45) is 0. The van der Waals surface area contributed by atoms with E-state index >= 15 is 0 Å². The van der Waals surface area contributed by atoms with Gasteiger partial charge in [0.25, 0.3) is 10.0 Å². The van der Waals surface area contributed by atoms with E-state index in [1.54, 1.807) is 63.2 Å². The highest BCUT2D eigenvalue weighted by Crippen LogP contribution is 2.23. The second-order valence-corrected chi connectivity index (χ2v) is 9.41. The maximum atomic E-state index is 12.9. The van der Waals surface area contributed by atoms with Gasteiger partial charge in [-0.2, -0.15) is 0 Å². The Balaban J connectivity index is 2.04. The molecule has 156 valence electrons. The summed E-state index contributed by atoms with van der Waals surface area (Å²) < 4.78 is 26.9. The van der Waals surface area contributed by atoms with Crippen LogP contribution in [0.5, 0.6) is 0 Å². The molecule has 2 aromatic carbocycles. The average Bonchev–Trinajstić information content (AvgIpc) is 2.65. The zero-order valence-corrected chi connectivity index (χ0v) is 17.7. The maximum Gasteiger partial charge on any atom is 0.321 e. The molecule has 3 N–H and O–H groups in total. The molecule has 0 radical (unpaired) electrons. The highest BCUT2D eigenvalue weighted by molar-refractivity contribution is 7.92. The highest BCUT2D eigenvalue weighted by Gasteiger charge is 2.21. The summed E-state index contributed by atoms with van der Waals surface area (Å²) in [7, 11) is -2.29. The van der Waals surface area contributed by atoms with E-state index in [-0.39, 0.29) is 11.4 Å². The van der Waals surface area contributed by atoms with E-state index in [1.807, 2.05) is 0 Å². The van der Waals surface area contributed by atoms with Crippen molar-refractivity contribution in [1.82, 2.24) is 10.6 Å². The first-order valence-electron chi connectivity index (χ1n) is 8.99. The summed E-state index contributed by atoms with van der Waals surface area (Å²) in [6.45, 7) is 5.21. The number of urea groups is 1. The van der Waals surface area contributed by atoms with Gasteiger partial charge in [0.15, 0.2) is 0 Å². The Morgan fingerprint density at radius 2 is 1.66 bits per heavy atom. The molecule has 2 rings (SSSR count). The monoisotopic (exact) mass is 418 g/mol. The number of imide groups is 1. The maximum absolute atomic E-state index is 12.9. The van der Waals surface area contributed by atoms with Crippen molar-refractivity contribution in [2.24, 2.45) is 0 Å². The van der Waals surface area contributed by atoms with Crippen molar-refractivity contribution in [3.63, 3.8) is 0 Å². The van der Waals surface area contributed by atoms with Crippen molar-refractivity contribution in [3.05, 3.63) is 54.6 Å². The van der Waals surface area contributed by atoms with Crippen LogP contribution in [0.1, 0.15) is 20.8 Å². The molecule has 0 bridgehead atoms. The van der Waals surface area contributed by atoms with Crippen LogP contribution in [0.4, 0.5) is 16.2 Å². The fraction of sp³-hybridized carbons (Fsp3) is 0.300. The zero-order chi connectivity index (χ0) is 21.7. The number of sulfonamides is 1. The molecular formula is C20H26N4O4S. The van der Waals surface area contributed by atoms with Gasteiger partial charge in [0, 0.05) is 18.3 Å². The summed E-state index contributed by atoms with van der Waals surface area (Å²) >= 11 is 0. The molecule has 0 saturated carbocycles. The number of anilines is 2. The molecule has 0 aliphatic carbocycles. The lowest BCUT2D eigenvalue weighted by Crippen LogP contribution is -2.49.